The van der Waals surface area contributed by atoms with E-state index >= 15 is 0 Å². The molecule has 6 heteroatoms. The number of nitrogens with one attached hydrogen (secondary N) is 1. The first-order valence-electron chi connectivity index (χ1n) is 7.17. The van der Waals surface area contributed by atoms with E-state index in [0.29, 0.717) is 17.9 Å². The van der Waals surface area contributed by atoms with Crippen LogP contribution in [0.25, 0.3) is 0 Å². The molecule has 21 heavy (non-hydrogen) atoms. The van der Waals surface area contributed by atoms with Crippen molar-refractivity contribution in [1.82, 2.24) is 0 Å². The summed E-state index contributed by atoms with van der Waals surface area (Å²) in [6, 6.07) is 5.93. The van der Waals surface area contributed by atoms with Crippen molar-refractivity contribution >= 4 is 15.5 Å². The first kappa shape index (κ1) is 16.2. The molecule has 0 aliphatic heterocycles. The van der Waals surface area contributed by atoms with Gasteiger partial charge in [0.1, 0.15) is 0 Å². The van der Waals surface area contributed by atoms with Crippen LogP contribution >= 0.6 is 0 Å². The molecule has 1 aromatic rings. The predicted octanol–water partition coefficient (Wildman–Crippen LogP) is 3.92. The molecule has 1 N–H and O–H groups in total. The van der Waals surface area contributed by atoms with Crippen LogP contribution in [0.5, 0.6) is 0 Å². The van der Waals surface area contributed by atoms with Crippen molar-refractivity contribution in [2.45, 2.75) is 49.8 Å². The van der Waals surface area contributed by atoms with E-state index in [2.05, 4.69) is 19.2 Å². The van der Waals surface area contributed by atoms with Crippen molar-refractivity contribution in [3.8, 4) is 0 Å². The van der Waals surface area contributed by atoms with E-state index in [1.54, 1.807) is 12.1 Å². The van der Waals surface area contributed by atoms with Crippen LogP contribution in [0.15, 0.2) is 29.2 Å². The summed E-state index contributed by atoms with van der Waals surface area (Å²) in [6.07, 6.45) is 3.37. The quantitative estimate of drug-likeness (QED) is 0.915. The summed E-state index contributed by atoms with van der Waals surface area (Å²) >= 11 is 0. The maximum absolute atomic E-state index is 12.5. The maximum Gasteiger partial charge on any atom is 0.341 e. The highest BCUT2D eigenvalue weighted by Gasteiger charge is 2.27. The molecule has 1 saturated carbocycles. The van der Waals surface area contributed by atoms with Gasteiger partial charge in [0, 0.05) is 11.7 Å². The second-order valence-corrected chi connectivity index (χ2v) is 8.01. The van der Waals surface area contributed by atoms with Gasteiger partial charge in [-0.1, -0.05) is 13.8 Å². The number of alkyl halides is 2. The van der Waals surface area contributed by atoms with E-state index in [4.69, 9.17) is 0 Å². The average molecular weight is 317 g/mol. The van der Waals surface area contributed by atoms with Crippen molar-refractivity contribution in [1.29, 1.82) is 0 Å². The summed E-state index contributed by atoms with van der Waals surface area (Å²) in [7, 11) is -4.51. The minimum atomic E-state index is -4.51. The van der Waals surface area contributed by atoms with Crippen LogP contribution < -0.4 is 5.32 Å². The topological polar surface area (TPSA) is 46.2 Å². The largest absolute Gasteiger partial charge is 0.382 e. The molecule has 1 aromatic carbocycles. The molecule has 2 atom stereocenters. The number of rotatable bonds is 4. The molecular weight excluding hydrogens is 296 g/mol. The lowest BCUT2D eigenvalue weighted by atomic mass is 9.80. The van der Waals surface area contributed by atoms with Crippen LogP contribution in [0.4, 0.5) is 14.5 Å². The molecule has 0 aromatic heterocycles. The van der Waals surface area contributed by atoms with E-state index in [0.717, 1.165) is 18.5 Å². The lowest BCUT2D eigenvalue weighted by molar-refractivity contribution is 0.234. The van der Waals surface area contributed by atoms with E-state index in [1.807, 2.05) is 0 Å². The lowest BCUT2D eigenvalue weighted by Crippen LogP contribution is -2.30. The number of sulfone groups is 1. The molecule has 2 rings (SSSR count). The molecule has 1 aliphatic rings. The van der Waals surface area contributed by atoms with Gasteiger partial charge in [-0.05, 0) is 55.4 Å². The highest BCUT2D eigenvalue weighted by atomic mass is 32.2. The van der Waals surface area contributed by atoms with Crippen LogP contribution in [0.1, 0.15) is 33.1 Å². The van der Waals surface area contributed by atoms with Crippen LogP contribution in [-0.2, 0) is 9.84 Å². The van der Waals surface area contributed by atoms with Gasteiger partial charge < -0.3 is 5.32 Å². The maximum atomic E-state index is 12.5. The van der Waals surface area contributed by atoms with E-state index < -0.39 is 15.6 Å². The summed E-state index contributed by atoms with van der Waals surface area (Å²) in [5.74, 6) is -2.06. The molecule has 2 unspecified atom stereocenters. The Morgan fingerprint density at radius 1 is 1.05 bits per heavy atom. The molecule has 118 valence electrons. The molecule has 1 fully saturated rings. The fourth-order valence-corrected chi connectivity index (χ4v) is 3.87. The Hall–Kier alpha value is -1.17. The van der Waals surface area contributed by atoms with Crippen LogP contribution in [0.2, 0.25) is 0 Å². The van der Waals surface area contributed by atoms with Crippen molar-refractivity contribution < 1.29 is 17.2 Å². The van der Waals surface area contributed by atoms with Gasteiger partial charge in [0.2, 0.25) is 9.84 Å². The first-order chi connectivity index (χ1) is 9.79. The zero-order valence-electron chi connectivity index (χ0n) is 12.2. The standard InChI is InChI=1S/C15H21F2NO2S/c1-10-7-11(2)9-13(8-10)18-12-3-5-14(6-4-12)21(19,20)15(16)17/h3-6,10-11,13,15,18H,7-9H2,1-2H3. The third kappa shape index (κ3) is 3.93. The Bertz CT molecular complexity index is 562. The minimum Gasteiger partial charge on any atom is -0.382 e. The molecule has 0 saturated heterocycles. The number of hydrogen-bond acceptors (Lipinski definition) is 3. The highest BCUT2D eigenvalue weighted by Crippen LogP contribution is 2.30. The molecule has 0 amide bonds. The minimum absolute atomic E-state index is 0.339. The van der Waals surface area contributed by atoms with Crippen molar-refractivity contribution in [3.05, 3.63) is 24.3 Å². The average Bonchev–Trinajstić information content (AvgIpc) is 2.37. The van der Waals surface area contributed by atoms with E-state index in [-0.39, 0.29) is 4.90 Å². The van der Waals surface area contributed by atoms with Gasteiger partial charge in [-0.15, -0.1) is 0 Å². The van der Waals surface area contributed by atoms with Gasteiger partial charge >= 0.3 is 5.76 Å². The van der Waals surface area contributed by atoms with Crippen LogP contribution in [-0.4, -0.2) is 20.2 Å². The van der Waals surface area contributed by atoms with Gasteiger partial charge in [0.25, 0.3) is 0 Å². The summed E-state index contributed by atoms with van der Waals surface area (Å²) in [4.78, 5) is -0.339. The Morgan fingerprint density at radius 3 is 2.05 bits per heavy atom. The molecule has 3 nitrogen and oxygen atoms in total. The fraction of sp³-hybridized carbons (Fsp3) is 0.600. The van der Waals surface area contributed by atoms with Crippen LogP contribution in [0, 0.1) is 11.8 Å². The number of benzene rings is 1. The monoisotopic (exact) mass is 317 g/mol. The van der Waals surface area contributed by atoms with E-state index in [9.17, 15) is 17.2 Å². The van der Waals surface area contributed by atoms with Gasteiger partial charge in [0.15, 0.2) is 0 Å². The van der Waals surface area contributed by atoms with Crippen molar-refractivity contribution in [3.63, 3.8) is 0 Å². The lowest BCUT2D eigenvalue weighted by Gasteiger charge is -2.32. The summed E-state index contributed by atoms with van der Waals surface area (Å²) < 4.78 is 47.6. The zero-order chi connectivity index (χ0) is 15.6. The normalized spacial score (nSPS) is 26.8. The van der Waals surface area contributed by atoms with Gasteiger partial charge in [-0.2, -0.15) is 8.78 Å². The zero-order valence-corrected chi connectivity index (χ0v) is 13.0. The number of hydrogen-bond donors (Lipinski definition) is 1. The van der Waals surface area contributed by atoms with Crippen molar-refractivity contribution in [2.24, 2.45) is 11.8 Å². The molecule has 0 heterocycles. The molecular formula is C15H21F2NO2S. The smallest absolute Gasteiger partial charge is 0.341 e. The number of anilines is 1. The Morgan fingerprint density at radius 2 is 1.57 bits per heavy atom. The van der Waals surface area contributed by atoms with Crippen molar-refractivity contribution in [2.75, 3.05) is 5.32 Å². The van der Waals surface area contributed by atoms with Gasteiger partial charge in [-0.3, -0.25) is 0 Å². The van der Waals surface area contributed by atoms with E-state index in [1.165, 1.54) is 18.6 Å². The Kier molecular flexibility index (Phi) is 4.86. The van der Waals surface area contributed by atoms with Crippen LogP contribution in [0.3, 0.4) is 0 Å². The second kappa shape index (κ2) is 6.30. The first-order valence-corrected chi connectivity index (χ1v) is 8.72. The molecule has 0 spiro atoms. The SMILES string of the molecule is CC1CC(C)CC(Nc2ccc(S(=O)(=O)C(F)F)cc2)C1. The number of halogens is 2. The Balaban J connectivity index is 2.06. The summed E-state index contributed by atoms with van der Waals surface area (Å²) in [5, 5.41) is 3.37. The fourth-order valence-electron chi connectivity index (χ4n) is 3.14. The van der Waals surface area contributed by atoms with Gasteiger partial charge in [-0.25, -0.2) is 8.42 Å². The predicted molar refractivity (Wildman–Crippen MR) is 79.2 cm³/mol. The molecule has 0 bridgehead atoms. The molecule has 0 radical (unpaired) electrons. The third-order valence-corrected chi connectivity index (χ3v) is 5.37. The highest BCUT2D eigenvalue weighted by molar-refractivity contribution is 7.91. The third-order valence-electron chi connectivity index (χ3n) is 3.97. The van der Waals surface area contributed by atoms with Gasteiger partial charge in [0.05, 0.1) is 4.90 Å². The molecule has 1 aliphatic carbocycles. The second-order valence-electron chi connectivity index (χ2n) is 6.09. The summed E-state index contributed by atoms with van der Waals surface area (Å²) in [5.41, 5.74) is 0.773. The summed E-state index contributed by atoms with van der Waals surface area (Å²) in [6.45, 7) is 4.45. The Labute approximate surface area is 124 Å².